The number of halogens is 1. The van der Waals surface area contributed by atoms with E-state index in [-0.39, 0.29) is 11.9 Å². The molecule has 2 amide bonds. The Morgan fingerprint density at radius 3 is 2.26 bits per heavy atom. The number of carbonyl (C=O) groups excluding carboxylic acids is 1. The molecule has 1 fully saturated rings. The average Bonchev–Trinajstić information content (AvgIpc) is 3.44. The maximum atomic E-state index is 13.6. The van der Waals surface area contributed by atoms with E-state index < -0.39 is 0 Å². The van der Waals surface area contributed by atoms with E-state index in [1.165, 1.54) is 22.5 Å². The second-order valence-electron chi connectivity index (χ2n) is 9.55. The molecule has 1 aromatic heterocycles. The summed E-state index contributed by atoms with van der Waals surface area (Å²) in [7, 11) is 0. The van der Waals surface area contributed by atoms with Gasteiger partial charge in [0.15, 0.2) is 5.13 Å². The minimum absolute atomic E-state index is 0.136. The fourth-order valence-electron chi connectivity index (χ4n) is 4.88. The lowest BCUT2D eigenvalue weighted by atomic mass is 9.88. The van der Waals surface area contributed by atoms with Gasteiger partial charge in [0.05, 0.1) is 18.9 Å². The van der Waals surface area contributed by atoms with Gasteiger partial charge in [0, 0.05) is 54.6 Å². The fourth-order valence-corrected chi connectivity index (χ4v) is 5.81. The molecule has 0 spiro atoms. The van der Waals surface area contributed by atoms with Gasteiger partial charge in [-0.05, 0) is 23.6 Å². The fraction of sp³-hybridized carbons (Fsp3) is 0.290. The topological polar surface area (TPSA) is 57.7 Å². The number of rotatable bonds is 10. The number of benzene rings is 3. The van der Waals surface area contributed by atoms with Gasteiger partial charge in [-0.25, -0.2) is 9.78 Å². The first kappa shape index (κ1) is 27.3. The molecule has 1 aliphatic heterocycles. The van der Waals surface area contributed by atoms with Gasteiger partial charge in [-0.3, -0.25) is 10.2 Å². The summed E-state index contributed by atoms with van der Waals surface area (Å²) in [5.74, 6) is 0.192. The van der Waals surface area contributed by atoms with Gasteiger partial charge in [0.1, 0.15) is 0 Å². The molecule has 0 atom stereocenters. The van der Waals surface area contributed by atoms with E-state index >= 15 is 0 Å². The molecule has 202 valence electrons. The van der Waals surface area contributed by atoms with E-state index in [4.69, 9.17) is 16.3 Å². The number of hydrogen-bond donors (Lipinski definition) is 1. The molecule has 1 N–H and O–H groups in total. The third kappa shape index (κ3) is 7.46. The Labute approximate surface area is 239 Å². The van der Waals surface area contributed by atoms with Crippen LogP contribution in [-0.4, -0.2) is 66.8 Å². The van der Waals surface area contributed by atoms with Crippen LogP contribution in [0.25, 0.3) is 11.3 Å². The lowest BCUT2D eigenvalue weighted by Gasteiger charge is -2.31. The van der Waals surface area contributed by atoms with Crippen LogP contribution in [0, 0.1) is 0 Å². The number of aromatic nitrogens is 1. The minimum Gasteiger partial charge on any atom is -0.379 e. The van der Waals surface area contributed by atoms with Crippen LogP contribution in [0.3, 0.4) is 0 Å². The monoisotopic (exact) mass is 560 g/mol. The third-order valence-electron chi connectivity index (χ3n) is 7.04. The highest BCUT2D eigenvalue weighted by molar-refractivity contribution is 7.14. The Balaban J connectivity index is 1.31. The maximum Gasteiger partial charge on any atom is 0.323 e. The molecule has 0 aliphatic carbocycles. The number of hydrogen-bond acceptors (Lipinski definition) is 5. The summed E-state index contributed by atoms with van der Waals surface area (Å²) in [4.78, 5) is 22.5. The van der Waals surface area contributed by atoms with Gasteiger partial charge in [0.2, 0.25) is 0 Å². The minimum atomic E-state index is -0.136. The predicted molar refractivity (Wildman–Crippen MR) is 160 cm³/mol. The number of anilines is 1. The van der Waals surface area contributed by atoms with Crippen molar-refractivity contribution in [1.29, 1.82) is 0 Å². The van der Waals surface area contributed by atoms with Crippen molar-refractivity contribution in [3.63, 3.8) is 0 Å². The van der Waals surface area contributed by atoms with Crippen LogP contribution in [-0.2, 0) is 4.74 Å². The first-order valence-electron chi connectivity index (χ1n) is 13.3. The van der Waals surface area contributed by atoms with Gasteiger partial charge in [0.25, 0.3) is 0 Å². The molecule has 8 heteroatoms. The first-order valence-corrected chi connectivity index (χ1v) is 14.6. The van der Waals surface area contributed by atoms with Gasteiger partial charge in [-0.1, -0.05) is 90.5 Å². The molecular formula is C31H33ClN4O2S. The van der Waals surface area contributed by atoms with Crippen LogP contribution >= 0.6 is 22.9 Å². The zero-order valence-corrected chi connectivity index (χ0v) is 23.4. The molecule has 2 heterocycles. The SMILES string of the molecule is O=C(Nc1nc(-c2ccccc2Cl)cs1)N(CCC(c1ccccc1)c1ccccc1)CCN1CCOCC1. The van der Waals surface area contributed by atoms with Crippen molar-refractivity contribution in [3.05, 3.63) is 106 Å². The lowest BCUT2D eigenvalue weighted by Crippen LogP contribution is -2.44. The Kier molecular flexibility index (Phi) is 9.61. The number of nitrogens with zero attached hydrogens (tertiary/aromatic N) is 3. The average molecular weight is 561 g/mol. The molecule has 3 aromatic carbocycles. The highest BCUT2D eigenvalue weighted by Crippen LogP contribution is 2.31. The Bertz CT molecular complexity index is 1290. The maximum absolute atomic E-state index is 13.6. The van der Waals surface area contributed by atoms with Gasteiger partial charge in [-0.2, -0.15) is 0 Å². The number of nitrogens with one attached hydrogen (secondary N) is 1. The van der Waals surface area contributed by atoms with Crippen LogP contribution in [0.2, 0.25) is 5.02 Å². The summed E-state index contributed by atoms with van der Waals surface area (Å²) < 4.78 is 5.51. The van der Waals surface area contributed by atoms with Crippen molar-refractivity contribution in [2.75, 3.05) is 51.3 Å². The second kappa shape index (κ2) is 13.7. The summed E-state index contributed by atoms with van der Waals surface area (Å²) in [5.41, 5.74) is 4.12. The lowest BCUT2D eigenvalue weighted by molar-refractivity contribution is 0.0351. The van der Waals surface area contributed by atoms with E-state index in [2.05, 4.69) is 63.7 Å². The number of amides is 2. The van der Waals surface area contributed by atoms with Gasteiger partial charge < -0.3 is 9.64 Å². The van der Waals surface area contributed by atoms with E-state index in [0.717, 1.165) is 50.5 Å². The van der Waals surface area contributed by atoms with Crippen LogP contribution < -0.4 is 5.32 Å². The van der Waals surface area contributed by atoms with Gasteiger partial charge in [-0.15, -0.1) is 11.3 Å². The number of thiazole rings is 1. The van der Waals surface area contributed by atoms with E-state index in [1.807, 2.05) is 46.7 Å². The molecule has 0 unspecified atom stereocenters. The van der Waals surface area contributed by atoms with Crippen molar-refractivity contribution < 1.29 is 9.53 Å². The van der Waals surface area contributed by atoms with Crippen molar-refractivity contribution in [1.82, 2.24) is 14.8 Å². The highest BCUT2D eigenvalue weighted by atomic mass is 35.5. The third-order valence-corrected chi connectivity index (χ3v) is 8.12. The van der Waals surface area contributed by atoms with Gasteiger partial charge >= 0.3 is 6.03 Å². The molecular weight excluding hydrogens is 528 g/mol. The molecule has 0 radical (unpaired) electrons. The number of ether oxygens (including phenoxy) is 1. The standard InChI is InChI=1S/C31H33ClN4O2S/c32-28-14-8-7-13-27(28)29-23-39-30(33-29)34-31(37)36(18-17-35-19-21-38-22-20-35)16-15-26(24-9-3-1-4-10-24)25-11-5-2-6-12-25/h1-14,23,26H,15-22H2,(H,33,34,37). The highest BCUT2D eigenvalue weighted by Gasteiger charge is 2.21. The summed E-state index contributed by atoms with van der Waals surface area (Å²) in [5, 5.41) is 6.18. The van der Waals surface area contributed by atoms with Crippen molar-refractivity contribution >= 4 is 34.1 Å². The van der Waals surface area contributed by atoms with E-state index in [1.54, 1.807) is 0 Å². The summed E-state index contributed by atoms with van der Waals surface area (Å²) in [6, 6.07) is 28.5. The van der Waals surface area contributed by atoms with Crippen LogP contribution in [0.4, 0.5) is 9.93 Å². The largest absolute Gasteiger partial charge is 0.379 e. The van der Waals surface area contributed by atoms with E-state index in [9.17, 15) is 4.79 Å². The molecule has 4 aromatic rings. The molecule has 39 heavy (non-hydrogen) atoms. The normalized spacial score (nSPS) is 13.9. The molecule has 1 aliphatic rings. The Hall–Kier alpha value is -3.23. The molecule has 0 saturated carbocycles. The first-order chi connectivity index (χ1) is 19.2. The molecule has 6 nitrogen and oxygen atoms in total. The molecule has 1 saturated heterocycles. The van der Waals surface area contributed by atoms with Crippen molar-refractivity contribution in [3.8, 4) is 11.3 Å². The summed E-state index contributed by atoms with van der Waals surface area (Å²) in [6.45, 7) is 5.30. The van der Waals surface area contributed by atoms with Crippen LogP contribution in [0.5, 0.6) is 0 Å². The Morgan fingerprint density at radius 2 is 1.59 bits per heavy atom. The predicted octanol–water partition coefficient (Wildman–Crippen LogP) is 6.85. The van der Waals surface area contributed by atoms with Crippen molar-refractivity contribution in [2.24, 2.45) is 0 Å². The van der Waals surface area contributed by atoms with E-state index in [0.29, 0.717) is 23.2 Å². The Morgan fingerprint density at radius 1 is 0.949 bits per heavy atom. The summed E-state index contributed by atoms with van der Waals surface area (Å²) in [6.07, 6.45) is 0.813. The molecule has 0 bridgehead atoms. The zero-order valence-electron chi connectivity index (χ0n) is 21.8. The second-order valence-corrected chi connectivity index (χ2v) is 10.8. The quantitative estimate of drug-likeness (QED) is 0.230. The number of urea groups is 1. The number of carbonyl (C=O) groups is 1. The zero-order chi connectivity index (χ0) is 26.9. The van der Waals surface area contributed by atoms with Crippen LogP contribution in [0.15, 0.2) is 90.3 Å². The molecule has 5 rings (SSSR count). The number of morpholine rings is 1. The van der Waals surface area contributed by atoms with Crippen molar-refractivity contribution in [2.45, 2.75) is 12.3 Å². The summed E-state index contributed by atoms with van der Waals surface area (Å²) >= 11 is 7.77. The smallest absolute Gasteiger partial charge is 0.323 e. The van der Waals surface area contributed by atoms with Crippen LogP contribution in [0.1, 0.15) is 23.5 Å².